The second kappa shape index (κ2) is 6.69. The Morgan fingerprint density at radius 1 is 1.33 bits per heavy atom. The summed E-state index contributed by atoms with van der Waals surface area (Å²) in [5.41, 5.74) is 3.48. The maximum absolute atomic E-state index is 11.9. The van der Waals surface area contributed by atoms with E-state index in [0.717, 1.165) is 5.56 Å². The first-order valence-electron chi connectivity index (χ1n) is 5.93. The van der Waals surface area contributed by atoms with E-state index in [1.807, 2.05) is 19.1 Å². The largest absolute Gasteiger partial charge is 0.469 e. The van der Waals surface area contributed by atoms with Crippen molar-refractivity contribution in [2.24, 2.45) is 5.92 Å². The van der Waals surface area contributed by atoms with Crippen molar-refractivity contribution in [2.45, 2.75) is 26.5 Å². The standard InChI is InChI=1S/C14H20O3S/c1-10-5-6-13(7-11(10)2)9-18(16)8-12(3)14(15)17-4/h5-7,12H,8-9H2,1-4H3. The quantitative estimate of drug-likeness (QED) is 0.770. The van der Waals surface area contributed by atoms with Crippen LogP contribution in [0.2, 0.25) is 0 Å². The van der Waals surface area contributed by atoms with Crippen LogP contribution < -0.4 is 0 Å². The van der Waals surface area contributed by atoms with Crippen LogP contribution in [-0.4, -0.2) is 23.0 Å². The van der Waals surface area contributed by atoms with E-state index in [-0.39, 0.29) is 11.9 Å². The number of carbonyl (C=O) groups excluding carboxylic acids is 1. The summed E-state index contributed by atoms with van der Waals surface area (Å²) in [6.45, 7) is 5.83. The van der Waals surface area contributed by atoms with Crippen molar-refractivity contribution in [2.75, 3.05) is 12.9 Å². The minimum Gasteiger partial charge on any atom is -0.469 e. The van der Waals surface area contributed by atoms with E-state index in [1.165, 1.54) is 18.2 Å². The minimum atomic E-state index is -1.04. The summed E-state index contributed by atoms with van der Waals surface area (Å²) in [5, 5.41) is 0. The highest BCUT2D eigenvalue weighted by Crippen LogP contribution is 2.13. The number of aryl methyl sites for hydroxylation is 2. The van der Waals surface area contributed by atoms with Crippen LogP contribution in [0.5, 0.6) is 0 Å². The zero-order valence-electron chi connectivity index (χ0n) is 11.4. The van der Waals surface area contributed by atoms with E-state index in [0.29, 0.717) is 11.5 Å². The molecule has 0 heterocycles. The van der Waals surface area contributed by atoms with Crippen molar-refractivity contribution in [3.05, 3.63) is 34.9 Å². The molecular formula is C14H20O3S. The lowest BCUT2D eigenvalue weighted by Gasteiger charge is -2.09. The first-order chi connectivity index (χ1) is 8.43. The third-order valence-corrected chi connectivity index (χ3v) is 4.47. The Labute approximate surface area is 111 Å². The zero-order valence-corrected chi connectivity index (χ0v) is 12.2. The van der Waals surface area contributed by atoms with Crippen LogP contribution in [0.1, 0.15) is 23.6 Å². The molecule has 0 aliphatic heterocycles. The molecule has 0 saturated carbocycles. The van der Waals surface area contributed by atoms with Crippen molar-refractivity contribution in [3.8, 4) is 0 Å². The molecule has 0 fully saturated rings. The second-order valence-corrected chi connectivity index (χ2v) is 6.10. The molecule has 0 amide bonds. The molecule has 0 aliphatic rings. The van der Waals surface area contributed by atoms with Crippen LogP contribution in [0.4, 0.5) is 0 Å². The number of benzene rings is 1. The predicted molar refractivity (Wildman–Crippen MR) is 73.8 cm³/mol. The maximum atomic E-state index is 11.9. The summed E-state index contributed by atoms with van der Waals surface area (Å²) in [7, 11) is 0.313. The van der Waals surface area contributed by atoms with Crippen LogP contribution in [0, 0.1) is 19.8 Å². The van der Waals surface area contributed by atoms with Crippen molar-refractivity contribution >= 4 is 16.8 Å². The van der Waals surface area contributed by atoms with Gasteiger partial charge >= 0.3 is 5.97 Å². The highest BCUT2D eigenvalue weighted by Gasteiger charge is 2.16. The first kappa shape index (κ1) is 14.9. The topological polar surface area (TPSA) is 43.4 Å². The summed E-state index contributed by atoms with van der Waals surface area (Å²) in [6.07, 6.45) is 0. The van der Waals surface area contributed by atoms with Gasteiger partial charge < -0.3 is 4.74 Å². The Bertz CT molecular complexity index is 454. The number of methoxy groups -OCH3 is 1. The third kappa shape index (κ3) is 4.26. The van der Waals surface area contributed by atoms with Gasteiger partial charge in [0.1, 0.15) is 0 Å². The molecule has 0 N–H and O–H groups in total. The number of hydrogen-bond donors (Lipinski definition) is 0. The molecule has 1 aromatic carbocycles. The lowest BCUT2D eigenvalue weighted by molar-refractivity contribution is -0.144. The van der Waals surface area contributed by atoms with Crippen LogP contribution >= 0.6 is 0 Å². The van der Waals surface area contributed by atoms with Gasteiger partial charge in [-0.05, 0) is 30.5 Å². The van der Waals surface area contributed by atoms with Crippen LogP contribution in [0.25, 0.3) is 0 Å². The summed E-state index contributed by atoms with van der Waals surface area (Å²) < 4.78 is 16.6. The average Bonchev–Trinajstić information content (AvgIpc) is 2.32. The summed E-state index contributed by atoms with van der Waals surface area (Å²) in [4.78, 5) is 11.2. The minimum absolute atomic E-state index is 0.302. The zero-order chi connectivity index (χ0) is 13.7. The number of hydrogen-bond acceptors (Lipinski definition) is 3. The van der Waals surface area contributed by atoms with Gasteiger partial charge in [0.15, 0.2) is 0 Å². The normalized spacial score (nSPS) is 14.0. The fourth-order valence-corrected chi connectivity index (χ4v) is 3.05. The van der Waals surface area contributed by atoms with Gasteiger partial charge in [-0.15, -0.1) is 0 Å². The van der Waals surface area contributed by atoms with Gasteiger partial charge in [0, 0.05) is 22.3 Å². The third-order valence-electron chi connectivity index (χ3n) is 2.94. The first-order valence-corrected chi connectivity index (χ1v) is 7.41. The molecule has 0 bridgehead atoms. The van der Waals surface area contributed by atoms with Gasteiger partial charge in [-0.1, -0.05) is 25.1 Å². The van der Waals surface area contributed by atoms with E-state index >= 15 is 0 Å². The molecular weight excluding hydrogens is 248 g/mol. The molecule has 3 nitrogen and oxygen atoms in total. The Morgan fingerprint density at radius 2 is 2.00 bits per heavy atom. The number of esters is 1. The summed E-state index contributed by atoms with van der Waals surface area (Å²) >= 11 is 0. The molecule has 0 aromatic heterocycles. The Hall–Kier alpha value is -1.16. The van der Waals surface area contributed by atoms with E-state index in [1.54, 1.807) is 6.92 Å². The Kier molecular flexibility index (Phi) is 5.54. The number of rotatable bonds is 5. The monoisotopic (exact) mass is 268 g/mol. The lowest BCUT2D eigenvalue weighted by atomic mass is 10.1. The smallest absolute Gasteiger partial charge is 0.309 e. The second-order valence-electron chi connectivity index (χ2n) is 4.59. The molecule has 100 valence electrons. The molecule has 0 saturated heterocycles. The molecule has 0 radical (unpaired) electrons. The van der Waals surface area contributed by atoms with Gasteiger partial charge in [-0.2, -0.15) is 0 Å². The van der Waals surface area contributed by atoms with Crippen molar-refractivity contribution in [1.82, 2.24) is 0 Å². The highest BCUT2D eigenvalue weighted by atomic mass is 32.2. The average molecular weight is 268 g/mol. The van der Waals surface area contributed by atoms with Crippen molar-refractivity contribution < 1.29 is 13.7 Å². The van der Waals surface area contributed by atoms with Crippen LogP contribution in [-0.2, 0) is 26.1 Å². The molecule has 1 aromatic rings. The summed E-state index contributed by atoms with van der Waals surface area (Å²) in [6, 6.07) is 6.07. The number of carbonyl (C=O) groups is 1. The molecule has 18 heavy (non-hydrogen) atoms. The summed E-state index contributed by atoms with van der Waals surface area (Å²) in [5.74, 6) is 0.216. The van der Waals surface area contributed by atoms with Crippen LogP contribution in [0.15, 0.2) is 18.2 Å². The molecule has 0 aliphatic carbocycles. The Balaban J connectivity index is 2.59. The van der Waals surface area contributed by atoms with Crippen molar-refractivity contribution in [3.63, 3.8) is 0 Å². The molecule has 2 atom stereocenters. The maximum Gasteiger partial charge on any atom is 0.309 e. The van der Waals surface area contributed by atoms with E-state index in [2.05, 4.69) is 17.7 Å². The van der Waals surface area contributed by atoms with Gasteiger partial charge in [0.05, 0.1) is 13.0 Å². The van der Waals surface area contributed by atoms with Crippen LogP contribution in [0.3, 0.4) is 0 Å². The molecule has 1 rings (SSSR count). The van der Waals surface area contributed by atoms with Gasteiger partial charge in [0.25, 0.3) is 0 Å². The van der Waals surface area contributed by atoms with Gasteiger partial charge in [0.2, 0.25) is 0 Å². The molecule has 2 unspecified atom stereocenters. The van der Waals surface area contributed by atoms with Gasteiger partial charge in [-0.25, -0.2) is 0 Å². The fourth-order valence-electron chi connectivity index (χ4n) is 1.69. The number of ether oxygens (including phenoxy) is 1. The Morgan fingerprint density at radius 3 is 2.56 bits per heavy atom. The van der Waals surface area contributed by atoms with Gasteiger partial charge in [-0.3, -0.25) is 9.00 Å². The SMILES string of the molecule is COC(=O)C(C)CS(=O)Cc1ccc(C)c(C)c1. The predicted octanol–water partition coefficient (Wildman–Crippen LogP) is 2.36. The van der Waals surface area contributed by atoms with Crippen molar-refractivity contribution in [1.29, 1.82) is 0 Å². The van der Waals surface area contributed by atoms with E-state index in [9.17, 15) is 9.00 Å². The molecule has 4 heteroatoms. The van der Waals surface area contributed by atoms with E-state index in [4.69, 9.17) is 0 Å². The lowest BCUT2D eigenvalue weighted by Crippen LogP contribution is -2.20. The fraction of sp³-hybridized carbons (Fsp3) is 0.500. The molecule has 0 spiro atoms. The highest BCUT2D eigenvalue weighted by molar-refractivity contribution is 7.84. The van der Waals surface area contributed by atoms with E-state index < -0.39 is 10.8 Å².